The van der Waals surface area contributed by atoms with Crippen LogP contribution >= 0.6 is 0 Å². The highest BCUT2D eigenvalue weighted by molar-refractivity contribution is 7.89. The first kappa shape index (κ1) is 20.4. The van der Waals surface area contributed by atoms with Crippen LogP contribution in [-0.4, -0.2) is 50.7 Å². The van der Waals surface area contributed by atoms with E-state index in [1.807, 2.05) is 6.92 Å². The summed E-state index contributed by atoms with van der Waals surface area (Å²) in [6, 6.07) is 5.84. The Hall–Kier alpha value is -1.93. The van der Waals surface area contributed by atoms with Crippen molar-refractivity contribution in [1.82, 2.24) is 14.9 Å². The first-order chi connectivity index (χ1) is 12.4. The second-order valence-corrected chi connectivity index (χ2v) is 8.31. The third-order valence-corrected chi connectivity index (χ3v) is 6.24. The Morgan fingerprint density at radius 2 is 1.69 bits per heavy atom. The van der Waals surface area contributed by atoms with Gasteiger partial charge in [-0.2, -0.15) is 4.31 Å². The van der Waals surface area contributed by atoms with Crippen molar-refractivity contribution in [3.05, 3.63) is 29.8 Å². The van der Waals surface area contributed by atoms with Crippen molar-refractivity contribution in [2.24, 2.45) is 0 Å². The van der Waals surface area contributed by atoms with Crippen molar-refractivity contribution < 1.29 is 18.0 Å². The first-order valence-electron chi connectivity index (χ1n) is 9.10. The SMILES string of the molecule is CCCCNC(=O)CNC(=O)c1ccc(S(=O)(=O)N2CCCCC2)cc1. The minimum absolute atomic E-state index is 0.101. The van der Waals surface area contributed by atoms with Crippen LogP contribution in [0, 0.1) is 0 Å². The van der Waals surface area contributed by atoms with E-state index in [2.05, 4.69) is 10.6 Å². The minimum Gasteiger partial charge on any atom is -0.355 e. The number of sulfonamides is 1. The Morgan fingerprint density at radius 3 is 2.31 bits per heavy atom. The number of piperidine rings is 1. The van der Waals surface area contributed by atoms with E-state index in [4.69, 9.17) is 0 Å². The molecule has 1 aromatic carbocycles. The Morgan fingerprint density at radius 1 is 1.04 bits per heavy atom. The number of nitrogens with one attached hydrogen (secondary N) is 2. The summed E-state index contributed by atoms with van der Waals surface area (Å²) < 4.78 is 26.7. The lowest BCUT2D eigenvalue weighted by molar-refractivity contribution is -0.120. The van der Waals surface area contributed by atoms with Crippen molar-refractivity contribution in [2.45, 2.75) is 43.9 Å². The molecule has 0 radical (unpaired) electrons. The summed E-state index contributed by atoms with van der Waals surface area (Å²) in [6.45, 7) is 3.60. The molecule has 2 N–H and O–H groups in total. The minimum atomic E-state index is -3.51. The third kappa shape index (κ3) is 5.54. The molecule has 0 unspecified atom stereocenters. The molecule has 0 bridgehead atoms. The fourth-order valence-electron chi connectivity index (χ4n) is 2.76. The second kappa shape index (κ2) is 9.68. The molecular formula is C18H27N3O4S. The molecule has 0 aromatic heterocycles. The van der Waals surface area contributed by atoms with Crippen LogP contribution in [0.2, 0.25) is 0 Å². The van der Waals surface area contributed by atoms with Gasteiger partial charge in [-0.25, -0.2) is 8.42 Å². The summed E-state index contributed by atoms with van der Waals surface area (Å²) in [5.74, 6) is -0.645. The number of carbonyl (C=O) groups excluding carboxylic acids is 2. The molecule has 1 aromatic rings. The Bertz CT molecular complexity index is 710. The Labute approximate surface area is 155 Å². The van der Waals surface area contributed by atoms with Crippen LogP contribution in [0.3, 0.4) is 0 Å². The largest absolute Gasteiger partial charge is 0.355 e. The van der Waals surface area contributed by atoms with Gasteiger partial charge in [0.15, 0.2) is 0 Å². The first-order valence-corrected chi connectivity index (χ1v) is 10.5. The van der Waals surface area contributed by atoms with Crippen LogP contribution in [0.25, 0.3) is 0 Å². The molecule has 0 atom stereocenters. The molecule has 1 fully saturated rings. The van der Waals surface area contributed by atoms with Gasteiger partial charge in [-0.1, -0.05) is 19.8 Å². The van der Waals surface area contributed by atoms with Crippen LogP contribution in [0.4, 0.5) is 0 Å². The summed E-state index contributed by atoms with van der Waals surface area (Å²) in [7, 11) is -3.51. The molecule has 0 spiro atoms. The number of benzene rings is 1. The summed E-state index contributed by atoms with van der Waals surface area (Å²) in [5.41, 5.74) is 0.323. The van der Waals surface area contributed by atoms with Crippen molar-refractivity contribution in [3.8, 4) is 0 Å². The predicted octanol–water partition coefficient (Wildman–Crippen LogP) is 1.51. The highest BCUT2D eigenvalue weighted by Gasteiger charge is 2.25. The molecule has 1 aliphatic heterocycles. The van der Waals surface area contributed by atoms with Gasteiger partial charge in [-0.15, -0.1) is 0 Å². The molecule has 2 amide bonds. The van der Waals surface area contributed by atoms with E-state index in [1.54, 1.807) is 0 Å². The van der Waals surface area contributed by atoms with E-state index in [0.29, 0.717) is 25.2 Å². The number of carbonyl (C=O) groups is 2. The number of nitrogens with zero attached hydrogens (tertiary/aromatic N) is 1. The normalized spacial score (nSPS) is 15.4. The maximum absolute atomic E-state index is 12.6. The standard InChI is InChI=1S/C18H27N3O4S/c1-2-3-11-19-17(22)14-20-18(23)15-7-9-16(10-8-15)26(24,25)21-12-5-4-6-13-21/h7-10H,2-6,11-14H2,1H3,(H,19,22)(H,20,23). The lowest BCUT2D eigenvalue weighted by Crippen LogP contribution is -2.37. The zero-order chi connectivity index (χ0) is 19.0. The summed E-state index contributed by atoms with van der Waals surface area (Å²) in [5, 5.41) is 5.25. The maximum atomic E-state index is 12.6. The third-order valence-electron chi connectivity index (χ3n) is 4.33. The molecule has 7 nitrogen and oxygen atoms in total. The zero-order valence-corrected chi connectivity index (χ0v) is 16.0. The molecule has 8 heteroatoms. The Balaban J connectivity index is 1.91. The number of hydrogen-bond acceptors (Lipinski definition) is 4. The average Bonchev–Trinajstić information content (AvgIpc) is 2.67. The van der Waals surface area contributed by atoms with Gasteiger partial charge in [0.05, 0.1) is 11.4 Å². The summed E-state index contributed by atoms with van der Waals surface area (Å²) in [4.78, 5) is 23.9. The van der Waals surface area contributed by atoms with Gasteiger partial charge < -0.3 is 10.6 Å². The molecule has 1 aliphatic rings. The van der Waals surface area contributed by atoms with E-state index in [-0.39, 0.29) is 17.3 Å². The van der Waals surface area contributed by atoms with Crippen LogP contribution in [0.1, 0.15) is 49.4 Å². The maximum Gasteiger partial charge on any atom is 0.251 e. The fraction of sp³-hybridized carbons (Fsp3) is 0.556. The topological polar surface area (TPSA) is 95.6 Å². The van der Waals surface area contributed by atoms with E-state index in [1.165, 1.54) is 28.6 Å². The number of hydrogen-bond donors (Lipinski definition) is 2. The summed E-state index contributed by atoms with van der Waals surface area (Å²) in [6.07, 6.45) is 4.68. The Kier molecular flexibility index (Phi) is 7.59. The van der Waals surface area contributed by atoms with Crippen molar-refractivity contribution in [1.29, 1.82) is 0 Å². The lowest BCUT2D eigenvalue weighted by Gasteiger charge is -2.25. The van der Waals surface area contributed by atoms with Gasteiger partial charge in [-0.3, -0.25) is 9.59 Å². The predicted molar refractivity (Wildman–Crippen MR) is 99.3 cm³/mol. The van der Waals surface area contributed by atoms with Crippen LogP contribution < -0.4 is 10.6 Å². The van der Waals surface area contributed by atoms with Gasteiger partial charge in [0, 0.05) is 25.2 Å². The average molecular weight is 381 g/mol. The van der Waals surface area contributed by atoms with Crippen LogP contribution in [0.5, 0.6) is 0 Å². The van der Waals surface area contributed by atoms with Gasteiger partial charge in [-0.05, 0) is 43.5 Å². The van der Waals surface area contributed by atoms with Crippen molar-refractivity contribution in [2.75, 3.05) is 26.2 Å². The van der Waals surface area contributed by atoms with Gasteiger partial charge in [0.2, 0.25) is 15.9 Å². The monoisotopic (exact) mass is 381 g/mol. The number of rotatable bonds is 8. The summed E-state index contributed by atoms with van der Waals surface area (Å²) >= 11 is 0. The number of amides is 2. The zero-order valence-electron chi connectivity index (χ0n) is 15.2. The molecule has 1 saturated heterocycles. The highest BCUT2D eigenvalue weighted by Crippen LogP contribution is 2.20. The molecule has 1 heterocycles. The molecule has 144 valence electrons. The van der Waals surface area contributed by atoms with Crippen LogP contribution in [-0.2, 0) is 14.8 Å². The molecule has 0 saturated carbocycles. The second-order valence-electron chi connectivity index (χ2n) is 6.38. The number of unbranched alkanes of at least 4 members (excludes halogenated alkanes) is 1. The van der Waals surface area contributed by atoms with Gasteiger partial charge >= 0.3 is 0 Å². The van der Waals surface area contributed by atoms with Crippen molar-refractivity contribution >= 4 is 21.8 Å². The van der Waals surface area contributed by atoms with Crippen LogP contribution in [0.15, 0.2) is 29.2 Å². The van der Waals surface area contributed by atoms with E-state index >= 15 is 0 Å². The van der Waals surface area contributed by atoms with Gasteiger partial charge in [0.1, 0.15) is 0 Å². The molecule has 2 rings (SSSR count). The van der Waals surface area contributed by atoms with E-state index in [9.17, 15) is 18.0 Å². The molecule has 0 aliphatic carbocycles. The molecule has 26 heavy (non-hydrogen) atoms. The van der Waals surface area contributed by atoms with E-state index < -0.39 is 15.9 Å². The van der Waals surface area contributed by atoms with Gasteiger partial charge in [0.25, 0.3) is 5.91 Å². The van der Waals surface area contributed by atoms with Crippen molar-refractivity contribution in [3.63, 3.8) is 0 Å². The van der Waals surface area contributed by atoms with E-state index in [0.717, 1.165) is 32.1 Å². The quantitative estimate of drug-likeness (QED) is 0.667. The smallest absolute Gasteiger partial charge is 0.251 e. The molecular weight excluding hydrogens is 354 g/mol. The highest BCUT2D eigenvalue weighted by atomic mass is 32.2. The fourth-order valence-corrected chi connectivity index (χ4v) is 4.28. The lowest BCUT2D eigenvalue weighted by atomic mass is 10.2.